The fraction of sp³-hybridized carbons (Fsp3) is 0.292. The summed E-state index contributed by atoms with van der Waals surface area (Å²) in [6, 6.07) is 15.6. The van der Waals surface area contributed by atoms with E-state index in [-0.39, 0.29) is 12.5 Å². The molecule has 1 aliphatic rings. The second kappa shape index (κ2) is 10.1. The molecule has 2 aromatic carbocycles. The highest BCUT2D eigenvalue weighted by Gasteiger charge is 2.22. The number of aryl methyl sites for hydroxylation is 1. The number of rotatable bonds is 7. The second-order valence-corrected chi connectivity index (χ2v) is 7.93. The van der Waals surface area contributed by atoms with Crippen molar-refractivity contribution in [1.29, 1.82) is 0 Å². The Bertz CT molecular complexity index is 1100. The number of anilines is 4. The van der Waals surface area contributed by atoms with E-state index in [1.165, 1.54) is 23.1 Å². The smallest absolute Gasteiger partial charge is 0.276 e. The Kier molecular flexibility index (Phi) is 6.77. The third kappa shape index (κ3) is 5.25. The summed E-state index contributed by atoms with van der Waals surface area (Å²) in [5.74, 6) is 1.28. The van der Waals surface area contributed by atoms with Crippen molar-refractivity contribution in [2.24, 2.45) is 0 Å². The number of hydrogen-bond donors (Lipinski definition) is 3. The highest BCUT2D eigenvalue weighted by molar-refractivity contribution is 5.81. The molecule has 0 atom stereocenters. The van der Waals surface area contributed by atoms with Crippen molar-refractivity contribution in [3.8, 4) is 5.75 Å². The Morgan fingerprint density at radius 3 is 2.48 bits per heavy atom. The number of carbonyl (C=O) groups is 1. The predicted octanol–water partition coefficient (Wildman–Crippen LogP) is 2.52. The Morgan fingerprint density at radius 1 is 1.00 bits per heavy atom. The minimum atomic E-state index is -0.347. The number of amides is 1. The van der Waals surface area contributed by atoms with E-state index in [2.05, 4.69) is 62.7 Å². The van der Waals surface area contributed by atoms with Crippen LogP contribution in [-0.4, -0.2) is 48.7 Å². The Morgan fingerprint density at radius 2 is 1.73 bits per heavy atom. The summed E-state index contributed by atoms with van der Waals surface area (Å²) >= 11 is 0. The molecule has 1 aliphatic heterocycles. The van der Waals surface area contributed by atoms with Crippen LogP contribution in [0, 0.1) is 13.8 Å². The van der Waals surface area contributed by atoms with Gasteiger partial charge in [-0.05, 0) is 43.2 Å². The third-order valence-corrected chi connectivity index (χ3v) is 5.79. The van der Waals surface area contributed by atoms with Gasteiger partial charge in [0.1, 0.15) is 17.8 Å². The van der Waals surface area contributed by atoms with Crippen LogP contribution in [-0.2, 0) is 4.79 Å². The van der Waals surface area contributed by atoms with Crippen LogP contribution < -0.4 is 31.1 Å². The van der Waals surface area contributed by atoms with Crippen molar-refractivity contribution in [2.75, 3.05) is 53.7 Å². The zero-order valence-corrected chi connectivity index (χ0v) is 18.9. The highest BCUT2D eigenvalue weighted by atomic mass is 16.5. The molecule has 0 bridgehead atoms. The monoisotopic (exact) mass is 447 g/mol. The lowest BCUT2D eigenvalue weighted by Gasteiger charge is -2.38. The van der Waals surface area contributed by atoms with Gasteiger partial charge >= 0.3 is 0 Å². The molecule has 33 heavy (non-hydrogen) atoms. The molecule has 1 fully saturated rings. The number of hydrazine groups is 1. The molecule has 172 valence electrons. The molecule has 0 aliphatic carbocycles. The van der Waals surface area contributed by atoms with E-state index < -0.39 is 0 Å². The predicted molar refractivity (Wildman–Crippen MR) is 130 cm³/mol. The Hall–Kier alpha value is -4.01. The quantitative estimate of drug-likeness (QED) is 0.474. The van der Waals surface area contributed by atoms with Crippen LogP contribution in [0.15, 0.2) is 54.9 Å². The average molecular weight is 448 g/mol. The van der Waals surface area contributed by atoms with E-state index >= 15 is 0 Å². The molecule has 9 heteroatoms. The third-order valence-electron chi connectivity index (χ3n) is 5.79. The van der Waals surface area contributed by atoms with Gasteiger partial charge in [-0.15, -0.1) is 0 Å². The molecule has 9 nitrogen and oxygen atoms in total. The summed E-state index contributed by atoms with van der Waals surface area (Å²) < 4.78 is 5.44. The fourth-order valence-electron chi connectivity index (χ4n) is 3.81. The number of benzene rings is 2. The molecule has 1 aromatic heterocycles. The fourth-order valence-corrected chi connectivity index (χ4v) is 3.81. The SMILES string of the molecule is Cc1cccc(N2CCN(c3ncnc(NNC(=O)COc4ccccc4)c3N)CC2)c1C. The lowest BCUT2D eigenvalue weighted by molar-refractivity contribution is -0.122. The van der Waals surface area contributed by atoms with E-state index in [1.807, 2.05) is 18.2 Å². The topological polar surface area (TPSA) is 109 Å². The summed E-state index contributed by atoms with van der Waals surface area (Å²) in [4.78, 5) is 25.2. The van der Waals surface area contributed by atoms with Crippen molar-refractivity contribution in [2.45, 2.75) is 13.8 Å². The van der Waals surface area contributed by atoms with Crippen LogP contribution in [0.2, 0.25) is 0 Å². The molecule has 0 radical (unpaired) electrons. The van der Waals surface area contributed by atoms with Crippen LogP contribution in [0.5, 0.6) is 5.75 Å². The minimum Gasteiger partial charge on any atom is -0.484 e. The molecule has 2 heterocycles. The zero-order chi connectivity index (χ0) is 23.2. The first kappa shape index (κ1) is 22.2. The largest absolute Gasteiger partial charge is 0.484 e. The second-order valence-electron chi connectivity index (χ2n) is 7.93. The van der Waals surface area contributed by atoms with Crippen LogP contribution >= 0.6 is 0 Å². The van der Waals surface area contributed by atoms with Crippen molar-refractivity contribution in [3.63, 3.8) is 0 Å². The lowest BCUT2D eigenvalue weighted by Crippen LogP contribution is -2.47. The number of nitrogens with two attached hydrogens (primary N) is 1. The number of aromatic nitrogens is 2. The number of nitrogen functional groups attached to an aromatic ring is 1. The maximum atomic E-state index is 12.1. The summed E-state index contributed by atoms with van der Waals surface area (Å²) in [5, 5.41) is 0. The number of piperazine rings is 1. The van der Waals surface area contributed by atoms with Gasteiger partial charge in [-0.2, -0.15) is 0 Å². The summed E-state index contributed by atoms with van der Waals surface area (Å²) in [6.45, 7) is 7.47. The first-order chi connectivity index (χ1) is 16.0. The molecule has 4 rings (SSSR count). The van der Waals surface area contributed by atoms with Crippen molar-refractivity contribution >= 4 is 28.9 Å². The van der Waals surface area contributed by atoms with E-state index in [0.29, 0.717) is 23.1 Å². The maximum absolute atomic E-state index is 12.1. The van der Waals surface area contributed by atoms with Gasteiger partial charge < -0.3 is 20.3 Å². The van der Waals surface area contributed by atoms with Gasteiger partial charge in [0.2, 0.25) is 0 Å². The van der Waals surface area contributed by atoms with Gasteiger partial charge in [-0.1, -0.05) is 30.3 Å². The number of nitrogens with zero attached hydrogens (tertiary/aromatic N) is 4. The summed E-state index contributed by atoms with van der Waals surface area (Å²) in [5.41, 5.74) is 15.9. The van der Waals surface area contributed by atoms with Crippen LogP contribution in [0.3, 0.4) is 0 Å². The first-order valence-electron chi connectivity index (χ1n) is 10.9. The maximum Gasteiger partial charge on any atom is 0.276 e. The van der Waals surface area contributed by atoms with Gasteiger partial charge in [-0.3, -0.25) is 15.6 Å². The Balaban J connectivity index is 1.33. The number of carbonyl (C=O) groups excluding carboxylic acids is 1. The summed E-state index contributed by atoms with van der Waals surface area (Å²) in [7, 11) is 0. The summed E-state index contributed by atoms with van der Waals surface area (Å²) in [6.07, 6.45) is 1.44. The van der Waals surface area contributed by atoms with Crippen LogP contribution in [0.25, 0.3) is 0 Å². The number of ether oxygens (including phenoxy) is 1. The molecule has 0 saturated carbocycles. The molecule has 3 aromatic rings. The zero-order valence-electron chi connectivity index (χ0n) is 18.9. The Labute approximate surface area is 193 Å². The molecule has 0 unspecified atom stereocenters. The standard InChI is InChI=1S/C24H29N7O2/c1-17-7-6-10-20(18(17)2)30-11-13-31(14-12-30)24-22(25)23(26-16-27-24)29-28-21(32)15-33-19-8-4-3-5-9-19/h3-10,16H,11-15,25H2,1-2H3,(H,28,32)(H,26,27,29). The average Bonchev–Trinajstić information content (AvgIpc) is 2.85. The molecule has 4 N–H and O–H groups in total. The molecule has 1 amide bonds. The molecule has 1 saturated heterocycles. The van der Waals surface area contributed by atoms with Crippen LogP contribution in [0.1, 0.15) is 11.1 Å². The number of nitrogens with one attached hydrogen (secondary N) is 2. The normalized spacial score (nSPS) is 13.5. The van der Waals surface area contributed by atoms with E-state index in [9.17, 15) is 4.79 Å². The molecule has 0 spiro atoms. The van der Waals surface area contributed by atoms with Gasteiger partial charge in [0.05, 0.1) is 0 Å². The highest BCUT2D eigenvalue weighted by Crippen LogP contribution is 2.29. The van der Waals surface area contributed by atoms with E-state index in [0.717, 1.165) is 26.2 Å². The van der Waals surface area contributed by atoms with Crippen molar-refractivity contribution in [3.05, 3.63) is 66.0 Å². The van der Waals surface area contributed by atoms with Gasteiger partial charge in [0.25, 0.3) is 5.91 Å². The van der Waals surface area contributed by atoms with Crippen molar-refractivity contribution in [1.82, 2.24) is 15.4 Å². The van der Waals surface area contributed by atoms with Crippen molar-refractivity contribution < 1.29 is 9.53 Å². The number of para-hydroxylation sites is 1. The molecular formula is C24H29N7O2. The van der Waals surface area contributed by atoms with Gasteiger partial charge in [0, 0.05) is 31.9 Å². The van der Waals surface area contributed by atoms with Gasteiger partial charge in [-0.25, -0.2) is 9.97 Å². The van der Waals surface area contributed by atoms with E-state index in [1.54, 1.807) is 12.1 Å². The number of hydrogen-bond acceptors (Lipinski definition) is 8. The van der Waals surface area contributed by atoms with Crippen LogP contribution in [0.4, 0.5) is 23.0 Å². The van der Waals surface area contributed by atoms with E-state index in [4.69, 9.17) is 10.5 Å². The first-order valence-corrected chi connectivity index (χ1v) is 10.9. The molecular weight excluding hydrogens is 418 g/mol. The van der Waals surface area contributed by atoms with Gasteiger partial charge in [0.15, 0.2) is 18.2 Å². The lowest BCUT2D eigenvalue weighted by atomic mass is 10.1. The minimum absolute atomic E-state index is 0.130.